The van der Waals surface area contributed by atoms with E-state index in [0.717, 1.165) is 46.1 Å². The molecular weight excluding hydrogens is 595 g/mol. The molecule has 1 aliphatic rings. The maximum atomic E-state index is 13.2. The first-order valence-electron chi connectivity index (χ1n) is 11.7. The fourth-order valence-corrected chi connectivity index (χ4v) is 5.62. The molecule has 0 unspecified atom stereocenters. The molecule has 9 heteroatoms. The number of carbonyl (C=O) groups is 2. The van der Waals surface area contributed by atoms with Crippen molar-refractivity contribution in [3.8, 4) is 5.75 Å². The number of halogens is 3. The molecule has 1 heterocycles. The second-order valence-corrected chi connectivity index (χ2v) is 11.0. The molecule has 1 fully saturated rings. The fourth-order valence-electron chi connectivity index (χ4n) is 3.92. The van der Waals surface area contributed by atoms with Crippen LogP contribution in [0.15, 0.2) is 70.0 Å². The third-order valence-electron chi connectivity index (χ3n) is 5.97. The van der Waals surface area contributed by atoms with Gasteiger partial charge in [-0.05, 0) is 67.6 Å². The highest BCUT2D eigenvalue weighted by atomic mass is 79.9. The van der Waals surface area contributed by atoms with Crippen molar-refractivity contribution < 1.29 is 14.3 Å². The third kappa shape index (κ3) is 6.52. The van der Waals surface area contributed by atoms with Gasteiger partial charge in [0.15, 0.2) is 0 Å². The van der Waals surface area contributed by atoms with Crippen molar-refractivity contribution in [2.24, 2.45) is 0 Å². The van der Waals surface area contributed by atoms with Gasteiger partial charge in [-0.3, -0.25) is 14.5 Å². The number of thioether (sulfide) groups is 1. The summed E-state index contributed by atoms with van der Waals surface area (Å²) in [6, 6.07) is 18.7. The second-order valence-electron chi connectivity index (χ2n) is 8.28. The molecule has 1 aliphatic heterocycles. The Kier molecular flexibility index (Phi) is 9.24. The summed E-state index contributed by atoms with van der Waals surface area (Å²) in [5.74, 6) is 0.262. The van der Waals surface area contributed by atoms with E-state index in [1.54, 1.807) is 18.2 Å². The highest BCUT2D eigenvalue weighted by molar-refractivity contribution is 9.10. The number of anilines is 1. The summed E-state index contributed by atoms with van der Waals surface area (Å²) in [4.78, 5) is 29.7. The summed E-state index contributed by atoms with van der Waals surface area (Å²) < 4.78 is 7.06. The standard InChI is InChI=1S/C28H25BrCl2N2O3S/c1-3-32(4-2)22-12-10-18(25(15-22)36-17-20-9-11-21(30)14-24(20)31)13-26-27(34)33(28(35)37-26)16-19-7-5-6-8-23(19)29/h5-15H,3-4,16-17H2,1-2H3/b26-13+. The van der Waals surface area contributed by atoms with Gasteiger partial charge in [0.2, 0.25) is 0 Å². The van der Waals surface area contributed by atoms with Gasteiger partial charge in [-0.15, -0.1) is 0 Å². The molecule has 1 saturated heterocycles. The zero-order valence-corrected chi connectivity index (χ0v) is 24.3. The minimum atomic E-state index is -0.328. The maximum Gasteiger partial charge on any atom is 0.293 e. The van der Waals surface area contributed by atoms with Gasteiger partial charge >= 0.3 is 0 Å². The Bertz CT molecular complexity index is 1360. The molecule has 0 aliphatic carbocycles. The van der Waals surface area contributed by atoms with Crippen molar-refractivity contribution >= 4 is 73.8 Å². The fraction of sp³-hybridized carbons (Fsp3) is 0.214. The Labute approximate surface area is 239 Å². The average Bonchev–Trinajstić information content (AvgIpc) is 3.14. The second kappa shape index (κ2) is 12.4. The van der Waals surface area contributed by atoms with Gasteiger partial charge in [0.1, 0.15) is 12.4 Å². The number of amides is 2. The lowest BCUT2D eigenvalue weighted by Crippen LogP contribution is -2.27. The Morgan fingerprint density at radius 3 is 2.46 bits per heavy atom. The lowest BCUT2D eigenvalue weighted by Gasteiger charge is -2.22. The first-order chi connectivity index (χ1) is 17.8. The summed E-state index contributed by atoms with van der Waals surface area (Å²) in [6.07, 6.45) is 1.72. The number of hydrogen-bond donors (Lipinski definition) is 0. The summed E-state index contributed by atoms with van der Waals surface area (Å²) in [5.41, 5.74) is 3.35. The zero-order chi connectivity index (χ0) is 26.5. The van der Waals surface area contributed by atoms with Crippen molar-refractivity contribution in [1.82, 2.24) is 4.90 Å². The van der Waals surface area contributed by atoms with Crippen LogP contribution in [0.1, 0.15) is 30.5 Å². The molecular formula is C28H25BrCl2N2O3S. The average molecular weight is 620 g/mol. The predicted octanol–water partition coefficient (Wildman–Crippen LogP) is 8.42. The zero-order valence-electron chi connectivity index (χ0n) is 20.3. The molecule has 0 N–H and O–H groups in total. The van der Waals surface area contributed by atoms with E-state index in [4.69, 9.17) is 27.9 Å². The van der Waals surface area contributed by atoms with Crippen LogP contribution in [0.25, 0.3) is 6.08 Å². The molecule has 0 saturated carbocycles. The molecule has 0 spiro atoms. The Balaban J connectivity index is 1.63. The first-order valence-corrected chi connectivity index (χ1v) is 14.1. The van der Waals surface area contributed by atoms with E-state index in [1.165, 1.54) is 4.90 Å². The van der Waals surface area contributed by atoms with Crippen LogP contribution in [0.4, 0.5) is 10.5 Å². The lowest BCUT2D eigenvalue weighted by atomic mass is 10.1. The van der Waals surface area contributed by atoms with E-state index < -0.39 is 0 Å². The number of rotatable bonds is 9. The van der Waals surface area contributed by atoms with Crippen LogP contribution in [0, 0.1) is 0 Å². The van der Waals surface area contributed by atoms with E-state index in [0.29, 0.717) is 26.3 Å². The van der Waals surface area contributed by atoms with E-state index >= 15 is 0 Å². The van der Waals surface area contributed by atoms with Gasteiger partial charge in [-0.25, -0.2) is 0 Å². The highest BCUT2D eigenvalue weighted by Gasteiger charge is 2.35. The quantitative estimate of drug-likeness (QED) is 0.225. The van der Waals surface area contributed by atoms with E-state index in [-0.39, 0.29) is 24.3 Å². The van der Waals surface area contributed by atoms with Crippen LogP contribution >= 0.6 is 50.9 Å². The van der Waals surface area contributed by atoms with Gasteiger partial charge in [0, 0.05) is 50.5 Å². The highest BCUT2D eigenvalue weighted by Crippen LogP contribution is 2.37. The molecule has 0 aromatic heterocycles. The molecule has 3 aromatic carbocycles. The van der Waals surface area contributed by atoms with Crippen LogP contribution in [0.5, 0.6) is 5.75 Å². The van der Waals surface area contributed by atoms with Crippen LogP contribution < -0.4 is 9.64 Å². The third-order valence-corrected chi connectivity index (χ3v) is 8.24. The van der Waals surface area contributed by atoms with Crippen LogP contribution in [-0.2, 0) is 17.9 Å². The Morgan fingerprint density at radius 1 is 1.00 bits per heavy atom. The van der Waals surface area contributed by atoms with Crippen LogP contribution in [0.3, 0.4) is 0 Å². The largest absolute Gasteiger partial charge is 0.488 e. The number of hydrogen-bond acceptors (Lipinski definition) is 5. The summed E-state index contributed by atoms with van der Waals surface area (Å²) in [7, 11) is 0. The summed E-state index contributed by atoms with van der Waals surface area (Å²) in [5, 5.41) is 0.764. The van der Waals surface area contributed by atoms with Crippen LogP contribution in [-0.4, -0.2) is 29.1 Å². The SMILES string of the molecule is CCN(CC)c1ccc(/C=C2/SC(=O)N(Cc3ccccc3Br)C2=O)c(OCc2ccc(Cl)cc2Cl)c1. The van der Waals surface area contributed by atoms with Crippen molar-refractivity contribution in [1.29, 1.82) is 0 Å². The molecule has 0 radical (unpaired) electrons. The molecule has 37 heavy (non-hydrogen) atoms. The van der Waals surface area contributed by atoms with Gasteiger partial charge in [0.25, 0.3) is 11.1 Å². The van der Waals surface area contributed by atoms with E-state index in [1.807, 2.05) is 48.5 Å². The first kappa shape index (κ1) is 27.6. The van der Waals surface area contributed by atoms with Crippen molar-refractivity contribution in [2.45, 2.75) is 27.0 Å². The number of nitrogens with zero attached hydrogens (tertiary/aromatic N) is 2. The molecule has 3 aromatic rings. The summed E-state index contributed by atoms with van der Waals surface area (Å²) in [6.45, 7) is 6.28. The van der Waals surface area contributed by atoms with Crippen molar-refractivity contribution in [2.75, 3.05) is 18.0 Å². The lowest BCUT2D eigenvalue weighted by molar-refractivity contribution is -0.123. The molecule has 192 valence electrons. The molecule has 4 rings (SSSR count). The Hall–Kier alpha value is -2.45. The molecule has 5 nitrogen and oxygen atoms in total. The summed E-state index contributed by atoms with van der Waals surface area (Å²) >= 11 is 16.8. The smallest absolute Gasteiger partial charge is 0.293 e. The number of ether oxygens (including phenoxy) is 1. The predicted molar refractivity (Wildman–Crippen MR) is 156 cm³/mol. The number of imide groups is 1. The molecule has 0 bridgehead atoms. The number of benzene rings is 3. The van der Waals surface area contributed by atoms with E-state index in [9.17, 15) is 9.59 Å². The van der Waals surface area contributed by atoms with Crippen LogP contribution in [0.2, 0.25) is 10.0 Å². The minimum Gasteiger partial charge on any atom is -0.488 e. The van der Waals surface area contributed by atoms with Gasteiger partial charge in [-0.2, -0.15) is 0 Å². The Morgan fingerprint density at radius 2 is 1.76 bits per heavy atom. The molecule has 0 atom stereocenters. The van der Waals surface area contributed by atoms with Crippen molar-refractivity contribution in [3.05, 3.63) is 96.8 Å². The van der Waals surface area contributed by atoms with Gasteiger partial charge < -0.3 is 9.64 Å². The van der Waals surface area contributed by atoms with E-state index in [2.05, 4.69) is 34.7 Å². The monoisotopic (exact) mass is 618 g/mol. The maximum absolute atomic E-state index is 13.2. The van der Waals surface area contributed by atoms with Gasteiger partial charge in [-0.1, -0.05) is 63.4 Å². The molecule has 2 amide bonds. The minimum absolute atomic E-state index is 0.197. The topological polar surface area (TPSA) is 49.9 Å². The van der Waals surface area contributed by atoms with Crippen molar-refractivity contribution in [3.63, 3.8) is 0 Å². The van der Waals surface area contributed by atoms with Gasteiger partial charge in [0.05, 0.1) is 11.4 Å². The normalized spacial score (nSPS) is 14.5. The number of carbonyl (C=O) groups excluding carboxylic acids is 2.